The zero-order valence-electron chi connectivity index (χ0n) is 17.4. The van der Waals surface area contributed by atoms with E-state index in [2.05, 4.69) is 5.10 Å². The largest absolute Gasteiger partial charge is 0.465 e. The summed E-state index contributed by atoms with van der Waals surface area (Å²) in [5.41, 5.74) is 7.47. The molecular formula is C21H29N5O3. The van der Waals surface area contributed by atoms with Crippen LogP contribution in [0.2, 0.25) is 0 Å². The maximum absolute atomic E-state index is 12.9. The number of benzene rings is 1. The van der Waals surface area contributed by atoms with Crippen LogP contribution >= 0.6 is 0 Å². The van der Waals surface area contributed by atoms with Crippen LogP contribution in [0.3, 0.4) is 0 Å². The molecule has 2 amide bonds. The molecule has 2 heterocycles. The summed E-state index contributed by atoms with van der Waals surface area (Å²) >= 11 is 0. The minimum Gasteiger partial charge on any atom is -0.465 e. The first-order valence-corrected chi connectivity index (χ1v) is 9.82. The minimum absolute atomic E-state index is 0.00310. The molecule has 0 unspecified atom stereocenters. The van der Waals surface area contributed by atoms with Gasteiger partial charge in [0.25, 0.3) is 0 Å². The highest BCUT2D eigenvalue weighted by Gasteiger charge is 2.46. The smallest absolute Gasteiger partial charge is 0.408 e. The summed E-state index contributed by atoms with van der Waals surface area (Å²) in [5, 5.41) is 14.5. The molecule has 1 fully saturated rings. The monoisotopic (exact) mass is 399 g/mol. The summed E-state index contributed by atoms with van der Waals surface area (Å²) in [7, 11) is 0. The molecule has 1 aromatic carbocycles. The Morgan fingerprint density at radius 1 is 1.21 bits per heavy atom. The molecule has 1 aliphatic heterocycles. The van der Waals surface area contributed by atoms with Crippen LogP contribution in [0.1, 0.15) is 32.2 Å². The average Bonchev–Trinajstić information content (AvgIpc) is 3.09. The van der Waals surface area contributed by atoms with Crippen LogP contribution in [-0.4, -0.2) is 62.4 Å². The second-order valence-electron chi connectivity index (χ2n) is 8.16. The standard InChI is InChI=1S/C21H29N5O3/c1-14(2)18(22)19(27)24-10-11-25(20(28)29)21(4,13-24)17-12-15(3)23-26(17)16-8-6-5-7-9-16/h5-9,12,14,18H,10-11,13,22H2,1-4H3,(H,28,29)/t18-,21-/m0/s1. The highest BCUT2D eigenvalue weighted by molar-refractivity contribution is 5.82. The number of rotatable bonds is 4. The number of para-hydroxylation sites is 1. The number of nitrogens with two attached hydrogens (primary N) is 1. The summed E-state index contributed by atoms with van der Waals surface area (Å²) in [6, 6.07) is 10.8. The van der Waals surface area contributed by atoms with E-state index < -0.39 is 17.7 Å². The van der Waals surface area contributed by atoms with E-state index in [0.717, 1.165) is 17.1 Å². The number of amides is 2. The number of hydrogen-bond donors (Lipinski definition) is 2. The SMILES string of the molecule is Cc1cc([C@]2(C)CN(C(=O)[C@@H](N)C(C)C)CCN2C(=O)O)n(-c2ccccc2)n1. The van der Waals surface area contributed by atoms with E-state index in [0.29, 0.717) is 6.54 Å². The molecule has 3 rings (SSSR count). The summed E-state index contributed by atoms with van der Waals surface area (Å²) < 4.78 is 1.77. The normalized spacial score (nSPS) is 20.8. The summed E-state index contributed by atoms with van der Waals surface area (Å²) in [6.07, 6.45) is -1.02. The van der Waals surface area contributed by atoms with Crippen molar-refractivity contribution in [3.8, 4) is 5.69 Å². The van der Waals surface area contributed by atoms with Gasteiger partial charge in [-0.15, -0.1) is 0 Å². The molecule has 29 heavy (non-hydrogen) atoms. The van der Waals surface area contributed by atoms with Crippen LogP contribution < -0.4 is 5.73 Å². The molecule has 0 aliphatic carbocycles. The van der Waals surface area contributed by atoms with Gasteiger partial charge in [0, 0.05) is 19.6 Å². The Morgan fingerprint density at radius 2 is 1.86 bits per heavy atom. The molecular weight excluding hydrogens is 370 g/mol. The highest BCUT2D eigenvalue weighted by atomic mass is 16.4. The third kappa shape index (κ3) is 3.85. The molecule has 0 radical (unpaired) electrons. The molecule has 2 atom stereocenters. The van der Waals surface area contributed by atoms with Crippen LogP contribution in [0.25, 0.3) is 5.69 Å². The molecule has 0 spiro atoms. The van der Waals surface area contributed by atoms with Gasteiger partial charge in [-0.2, -0.15) is 5.10 Å². The lowest BCUT2D eigenvalue weighted by Crippen LogP contribution is -2.63. The average molecular weight is 399 g/mol. The lowest BCUT2D eigenvalue weighted by molar-refractivity contribution is -0.138. The minimum atomic E-state index is -1.02. The molecule has 1 aromatic heterocycles. The molecule has 156 valence electrons. The number of hydrogen-bond acceptors (Lipinski definition) is 4. The first-order chi connectivity index (χ1) is 13.6. The topological polar surface area (TPSA) is 105 Å². The van der Waals surface area contributed by atoms with Gasteiger partial charge in [0.2, 0.25) is 5.91 Å². The Balaban J connectivity index is 2.06. The van der Waals surface area contributed by atoms with Gasteiger partial charge in [-0.1, -0.05) is 32.0 Å². The molecule has 0 bridgehead atoms. The van der Waals surface area contributed by atoms with E-state index >= 15 is 0 Å². The first-order valence-electron chi connectivity index (χ1n) is 9.82. The number of carbonyl (C=O) groups is 2. The predicted octanol–water partition coefficient (Wildman–Crippen LogP) is 2.20. The molecule has 8 nitrogen and oxygen atoms in total. The highest BCUT2D eigenvalue weighted by Crippen LogP contribution is 2.34. The van der Waals surface area contributed by atoms with Crippen molar-refractivity contribution in [2.24, 2.45) is 11.7 Å². The number of nitrogens with zero attached hydrogens (tertiary/aromatic N) is 4. The fourth-order valence-electron chi connectivity index (χ4n) is 3.86. The molecule has 0 saturated carbocycles. The second kappa shape index (κ2) is 7.87. The van der Waals surface area contributed by atoms with Gasteiger partial charge in [-0.3, -0.25) is 9.69 Å². The van der Waals surface area contributed by atoms with Crippen molar-refractivity contribution < 1.29 is 14.7 Å². The summed E-state index contributed by atoms with van der Waals surface area (Å²) in [4.78, 5) is 28.1. The van der Waals surface area contributed by atoms with Crippen molar-refractivity contribution in [2.45, 2.75) is 39.3 Å². The lowest BCUT2D eigenvalue weighted by Gasteiger charge is -2.48. The first kappa shape index (κ1) is 20.9. The van der Waals surface area contributed by atoms with Crippen LogP contribution in [0.15, 0.2) is 36.4 Å². The van der Waals surface area contributed by atoms with Crippen molar-refractivity contribution in [2.75, 3.05) is 19.6 Å². The third-order valence-electron chi connectivity index (χ3n) is 5.62. The second-order valence-corrected chi connectivity index (χ2v) is 8.16. The fraction of sp³-hybridized carbons (Fsp3) is 0.476. The maximum atomic E-state index is 12.9. The van der Waals surface area contributed by atoms with E-state index in [1.54, 1.807) is 9.58 Å². The Hall–Kier alpha value is -2.87. The Kier molecular flexibility index (Phi) is 5.66. The summed E-state index contributed by atoms with van der Waals surface area (Å²) in [6.45, 7) is 8.28. The zero-order valence-corrected chi connectivity index (χ0v) is 17.4. The predicted molar refractivity (Wildman–Crippen MR) is 110 cm³/mol. The summed E-state index contributed by atoms with van der Waals surface area (Å²) in [5.74, 6) is -0.151. The van der Waals surface area contributed by atoms with E-state index in [9.17, 15) is 14.7 Å². The number of carboxylic acid groups (broad SMARTS) is 1. The molecule has 2 aromatic rings. The molecule has 8 heteroatoms. The van der Waals surface area contributed by atoms with Crippen molar-refractivity contribution in [3.05, 3.63) is 47.8 Å². The van der Waals surface area contributed by atoms with Gasteiger partial charge in [0.15, 0.2) is 0 Å². The van der Waals surface area contributed by atoms with Crippen molar-refractivity contribution >= 4 is 12.0 Å². The van der Waals surface area contributed by atoms with Gasteiger partial charge in [-0.05, 0) is 38.0 Å². The van der Waals surface area contributed by atoms with Crippen LogP contribution in [-0.2, 0) is 10.3 Å². The molecule has 1 aliphatic rings. The third-order valence-corrected chi connectivity index (χ3v) is 5.62. The van der Waals surface area contributed by atoms with Crippen LogP contribution in [0.5, 0.6) is 0 Å². The Labute approximate surface area is 170 Å². The fourth-order valence-corrected chi connectivity index (χ4v) is 3.86. The molecule has 3 N–H and O–H groups in total. The van der Waals surface area contributed by atoms with Crippen molar-refractivity contribution in [1.29, 1.82) is 0 Å². The van der Waals surface area contributed by atoms with E-state index in [1.807, 2.05) is 64.1 Å². The van der Waals surface area contributed by atoms with Gasteiger partial charge in [-0.25, -0.2) is 9.48 Å². The molecule has 1 saturated heterocycles. The number of aryl methyl sites for hydroxylation is 1. The van der Waals surface area contributed by atoms with E-state index in [-0.39, 0.29) is 24.9 Å². The van der Waals surface area contributed by atoms with Crippen molar-refractivity contribution in [1.82, 2.24) is 19.6 Å². The number of aromatic nitrogens is 2. The van der Waals surface area contributed by atoms with Crippen LogP contribution in [0, 0.1) is 12.8 Å². The van der Waals surface area contributed by atoms with E-state index in [4.69, 9.17) is 5.73 Å². The van der Waals surface area contributed by atoms with Crippen LogP contribution in [0.4, 0.5) is 4.79 Å². The number of carbonyl (C=O) groups excluding carboxylic acids is 1. The van der Waals surface area contributed by atoms with Crippen molar-refractivity contribution in [3.63, 3.8) is 0 Å². The van der Waals surface area contributed by atoms with Gasteiger partial charge >= 0.3 is 6.09 Å². The quantitative estimate of drug-likeness (QED) is 0.820. The zero-order chi connectivity index (χ0) is 21.3. The maximum Gasteiger partial charge on any atom is 0.408 e. The Bertz CT molecular complexity index is 895. The Morgan fingerprint density at radius 3 is 2.45 bits per heavy atom. The van der Waals surface area contributed by atoms with Gasteiger partial charge < -0.3 is 15.7 Å². The van der Waals surface area contributed by atoms with Gasteiger partial charge in [0.1, 0.15) is 5.54 Å². The number of piperazine rings is 1. The lowest BCUT2D eigenvalue weighted by atomic mass is 9.90. The van der Waals surface area contributed by atoms with E-state index in [1.165, 1.54) is 4.90 Å². The van der Waals surface area contributed by atoms with Gasteiger partial charge in [0.05, 0.1) is 23.1 Å².